The minimum absolute atomic E-state index is 0.209. The van der Waals surface area contributed by atoms with Crippen molar-refractivity contribution in [3.8, 4) is 11.5 Å². The van der Waals surface area contributed by atoms with Crippen molar-refractivity contribution < 1.29 is 9.26 Å². The first-order valence-corrected chi connectivity index (χ1v) is 6.35. The van der Waals surface area contributed by atoms with E-state index < -0.39 is 0 Å². The number of H-pyrrole nitrogens is 1. The topological polar surface area (TPSA) is 68.9 Å². The molecule has 3 rings (SSSR count). The second kappa shape index (κ2) is 4.66. The van der Waals surface area contributed by atoms with Crippen LogP contribution >= 0.6 is 12.2 Å². The number of nitrogens with one attached hydrogen (secondary N) is 1. The summed E-state index contributed by atoms with van der Waals surface area (Å²) in [4.78, 5) is 0. The number of ether oxygens (including phenoxy) is 1. The van der Waals surface area contributed by atoms with Crippen LogP contribution in [0.1, 0.15) is 18.6 Å². The lowest BCUT2D eigenvalue weighted by molar-refractivity contribution is 0.0969. The molecule has 0 spiro atoms. The standard InChI is InChI=1S/C11H14N4O2S/c1-7-5-9(14-17-7)10-12-13-11(18)15(10)6-8-3-2-4-16-8/h5,8H,2-4,6H2,1H3,(H,13,18)/t8-/m0/s1. The van der Waals surface area contributed by atoms with Gasteiger partial charge in [-0.3, -0.25) is 9.67 Å². The van der Waals surface area contributed by atoms with Crippen molar-refractivity contribution in [3.63, 3.8) is 0 Å². The SMILES string of the molecule is Cc1cc(-c2n[nH]c(=S)n2C[C@@H]2CCCO2)no1. The lowest BCUT2D eigenvalue weighted by Gasteiger charge is -2.10. The zero-order chi connectivity index (χ0) is 12.5. The summed E-state index contributed by atoms with van der Waals surface area (Å²) in [6, 6.07) is 1.84. The van der Waals surface area contributed by atoms with Crippen LogP contribution < -0.4 is 0 Å². The number of hydrogen-bond acceptors (Lipinski definition) is 5. The lowest BCUT2D eigenvalue weighted by Crippen LogP contribution is -2.16. The zero-order valence-corrected chi connectivity index (χ0v) is 10.9. The summed E-state index contributed by atoms with van der Waals surface area (Å²) in [7, 11) is 0. The smallest absolute Gasteiger partial charge is 0.195 e. The van der Waals surface area contributed by atoms with Gasteiger partial charge in [-0.15, -0.1) is 0 Å². The molecule has 0 unspecified atom stereocenters. The Balaban J connectivity index is 1.93. The van der Waals surface area contributed by atoms with Gasteiger partial charge in [-0.05, 0) is 32.0 Å². The van der Waals surface area contributed by atoms with Gasteiger partial charge in [0.2, 0.25) is 0 Å². The molecule has 2 aromatic heterocycles. The van der Waals surface area contributed by atoms with Crippen LogP contribution in [0.4, 0.5) is 0 Å². The van der Waals surface area contributed by atoms with Crippen molar-refractivity contribution in [2.45, 2.75) is 32.4 Å². The van der Waals surface area contributed by atoms with Crippen LogP contribution in [0.2, 0.25) is 0 Å². The first-order valence-electron chi connectivity index (χ1n) is 5.94. The minimum Gasteiger partial charge on any atom is -0.376 e. The van der Waals surface area contributed by atoms with E-state index in [0.717, 1.165) is 25.2 Å². The van der Waals surface area contributed by atoms with Gasteiger partial charge in [0.1, 0.15) is 5.76 Å². The molecule has 0 aromatic carbocycles. The molecule has 1 aliphatic rings. The van der Waals surface area contributed by atoms with E-state index in [1.165, 1.54) is 0 Å². The molecule has 1 aliphatic heterocycles. The summed E-state index contributed by atoms with van der Waals surface area (Å²) in [6.07, 6.45) is 2.37. The summed E-state index contributed by atoms with van der Waals surface area (Å²) >= 11 is 5.25. The quantitative estimate of drug-likeness (QED) is 0.861. The summed E-state index contributed by atoms with van der Waals surface area (Å²) < 4.78 is 13.2. The molecule has 18 heavy (non-hydrogen) atoms. The van der Waals surface area contributed by atoms with Crippen LogP contribution in [0.3, 0.4) is 0 Å². The molecule has 6 nitrogen and oxygen atoms in total. The Labute approximate surface area is 109 Å². The van der Waals surface area contributed by atoms with Gasteiger partial charge in [-0.25, -0.2) is 0 Å². The molecule has 0 radical (unpaired) electrons. The lowest BCUT2D eigenvalue weighted by atomic mass is 10.2. The molecule has 0 amide bonds. The summed E-state index contributed by atoms with van der Waals surface area (Å²) in [5, 5.41) is 11.0. The van der Waals surface area contributed by atoms with Crippen molar-refractivity contribution in [2.24, 2.45) is 0 Å². The van der Waals surface area contributed by atoms with Gasteiger partial charge in [0.25, 0.3) is 0 Å². The van der Waals surface area contributed by atoms with Gasteiger partial charge in [-0.2, -0.15) is 5.10 Å². The molecular weight excluding hydrogens is 252 g/mol. The predicted molar refractivity (Wildman–Crippen MR) is 66.6 cm³/mol. The maximum atomic E-state index is 5.62. The maximum absolute atomic E-state index is 5.62. The van der Waals surface area contributed by atoms with Crippen molar-refractivity contribution in [1.82, 2.24) is 19.9 Å². The summed E-state index contributed by atoms with van der Waals surface area (Å²) in [5.41, 5.74) is 0.692. The number of rotatable bonds is 3. The van der Waals surface area contributed by atoms with Crippen LogP contribution in [0.5, 0.6) is 0 Å². The molecule has 0 saturated carbocycles. The molecule has 96 valence electrons. The molecular formula is C11H14N4O2S. The molecule has 3 heterocycles. The average molecular weight is 266 g/mol. The minimum atomic E-state index is 0.209. The van der Waals surface area contributed by atoms with E-state index in [4.69, 9.17) is 21.5 Å². The highest BCUT2D eigenvalue weighted by atomic mass is 32.1. The van der Waals surface area contributed by atoms with Crippen molar-refractivity contribution in [3.05, 3.63) is 16.6 Å². The molecule has 1 saturated heterocycles. The van der Waals surface area contributed by atoms with Gasteiger partial charge in [0.15, 0.2) is 16.3 Å². The Kier molecular flexibility index (Phi) is 3.00. The second-order valence-electron chi connectivity index (χ2n) is 4.42. The summed E-state index contributed by atoms with van der Waals surface area (Å²) in [6.45, 7) is 3.38. The fraction of sp³-hybridized carbons (Fsp3) is 0.545. The van der Waals surface area contributed by atoms with Crippen molar-refractivity contribution >= 4 is 12.2 Å². The molecule has 7 heteroatoms. The number of aromatic nitrogens is 4. The molecule has 2 aromatic rings. The van der Waals surface area contributed by atoms with Gasteiger partial charge >= 0.3 is 0 Å². The van der Waals surface area contributed by atoms with Gasteiger partial charge in [-0.1, -0.05) is 5.16 Å². The van der Waals surface area contributed by atoms with Crippen molar-refractivity contribution in [2.75, 3.05) is 6.61 Å². The number of aromatic amines is 1. The van der Waals surface area contributed by atoms with Crippen LogP contribution in [0.15, 0.2) is 10.6 Å². The molecule has 1 N–H and O–H groups in total. The van der Waals surface area contributed by atoms with E-state index in [0.29, 0.717) is 22.8 Å². The van der Waals surface area contributed by atoms with Gasteiger partial charge in [0, 0.05) is 12.7 Å². The number of hydrogen-bond donors (Lipinski definition) is 1. The first kappa shape index (κ1) is 11.6. The van der Waals surface area contributed by atoms with E-state index in [1.54, 1.807) is 0 Å². The van der Waals surface area contributed by atoms with E-state index in [2.05, 4.69) is 15.4 Å². The third kappa shape index (κ3) is 2.11. The van der Waals surface area contributed by atoms with Crippen LogP contribution in [0.25, 0.3) is 11.5 Å². The molecule has 1 atom stereocenters. The number of nitrogens with zero attached hydrogens (tertiary/aromatic N) is 3. The van der Waals surface area contributed by atoms with E-state index >= 15 is 0 Å². The van der Waals surface area contributed by atoms with Crippen LogP contribution in [0, 0.1) is 11.7 Å². The van der Waals surface area contributed by atoms with E-state index in [-0.39, 0.29) is 6.10 Å². The first-order chi connectivity index (χ1) is 8.74. The fourth-order valence-corrected chi connectivity index (χ4v) is 2.35. The van der Waals surface area contributed by atoms with Crippen LogP contribution in [-0.2, 0) is 11.3 Å². The van der Waals surface area contributed by atoms with Gasteiger partial charge in [0.05, 0.1) is 12.6 Å². The number of aryl methyl sites for hydroxylation is 1. The largest absolute Gasteiger partial charge is 0.376 e. The maximum Gasteiger partial charge on any atom is 0.195 e. The highest BCUT2D eigenvalue weighted by Crippen LogP contribution is 2.20. The Bertz CT molecular complexity index is 594. The Morgan fingerprint density at radius 3 is 3.17 bits per heavy atom. The molecule has 1 fully saturated rings. The predicted octanol–water partition coefficient (Wildman–Crippen LogP) is 2.08. The average Bonchev–Trinajstić information content (AvgIpc) is 3.04. The monoisotopic (exact) mass is 266 g/mol. The zero-order valence-electron chi connectivity index (χ0n) is 10.0. The second-order valence-corrected chi connectivity index (χ2v) is 4.81. The van der Waals surface area contributed by atoms with Crippen LogP contribution in [-0.4, -0.2) is 32.6 Å². The molecule has 0 aliphatic carbocycles. The Morgan fingerprint density at radius 1 is 1.61 bits per heavy atom. The van der Waals surface area contributed by atoms with E-state index in [9.17, 15) is 0 Å². The van der Waals surface area contributed by atoms with Crippen molar-refractivity contribution in [1.29, 1.82) is 0 Å². The third-order valence-electron chi connectivity index (χ3n) is 3.03. The fourth-order valence-electron chi connectivity index (χ4n) is 2.15. The Morgan fingerprint density at radius 2 is 2.50 bits per heavy atom. The highest BCUT2D eigenvalue weighted by molar-refractivity contribution is 7.71. The van der Waals surface area contributed by atoms with E-state index in [1.807, 2.05) is 17.6 Å². The third-order valence-corrected chi connectivity index (χ3v) is 3.34. The summed E-state index contributed by atoms with van der Waals surface area (Å²) in [5.74, 6) is 1.45. The normalized spacial score (nSPS) is 19.5. The Hall–Kier alpha value is -1.47. The van der Waals surface area contributed by atoms with Gasteiger partial charge < -0.3 is 9.26 Å². The molecule has 0 bridgehead atoms. The highest BCUT2D eigenvalue weighted by Gasteiger charge is 2.20.